The Balaban J connectivity index is 1.69. The summed E-state index contributed by atoms with van der Waals surface area (Å²) < 4.78 is 0. The molecule has 0 saturated carbocycles. The van der Waals surface area contributed by atoms with E-state index in [1.54, 1.807) is 14.1 Å². The smallest absolute Gasteiger partial charge is 0.251 e. The van der Waals surface area contributed by atoms with Crippen molar-refractivity contribution >= 4 is 23.6 Å². The van der Waals surface area contributed by atoms with Gasteiger partial charge in [-0.05, 0) is 43.2 Å². The number of amides is 1. The van der Waals surface area contributed by atoms with Crippen molar-refractivity contribution in [2.75, 3.05) is 32.9 Å². The molecule has 0 aliphatic rings. The minimum Gasteiger partial charge on any atom is -0.356 e. The first-order valence-corrected chi connectivity index (χ1v) is 10.1. The highest BCUT2D eigenvalue weighted by atomic mass is 32.2. The number of carbonyl (C=O) groups excluding carboxylic acids is 1. The standard InChI is InChI=1S/C21H28N4OS/c1-16-7-9-19(10-8-16)27-14-13-25-21(23-3)24-12-11-17-5-4-6-18(15-17)20(26)22-2/h4-10,15H,11-14H2,1-3H3,(H,22,26)(H2,23,24,25). The van der Waals surface area contributed by atoms with Crippen LogP contribution in [0.1, 0.15) is 21.5 Å². The van der Waals surface area contributed by atoms with Gasteiger partial charge in [0.05, 0.1) is 0 Å². The van der Waals surface area contributed by atoms with Crippen molar-refractivity contribution < 1.29 is 4.79 Å². The maximum Gasteiger partial charge on any atom is 0.251 e. The van der Waals surface area contributed by atoms with Crippen LogP contribution >= 0.6 is 11.8 Å². The van der Waals surface area contributed by atoms with Crippen molar-refractivity contribution in [2.24, 2.45) is 4.99 Å². The molecule has 0 aliphatic carbocycles. The van der Waals surface area contributed by atoms with E-state index >= 15 is 0 Å². The average Bonchev–Trinajstić information content (AvgIpc) is 2.70. The zero-order valence-corrected chi connectivity index (χ0v) is 17.0. The lowest BCUT2D eigenvalue weighted by atomic mass is 10.1. The normalized spacial score (nSPS) is 11.1. The highest BCUT2D eigenvalue weighted by Crippen LogP contribution is 2.17. The van der Waals surface area contributed by atoms with Gasteiger partial charge in [0, 0.05) is 43.4 Å². The Morgan fingerprint density at radius 1 is 1.07 bits per heavy atom. The third-order valence-corrected chi connectivity index (χ3v) is 5.04. The second-order valence-corrected chi connectivity index (χ2v) is 7.29. The van der Waals surface area contributed by atoms with Gasteiger partial charge in [-0.2, -0.15) is 0 Å². The Bertz CT molecular complexity index is 759. The summed E-state index contributed by atoms with van der Waals surface area (Å²) in [6.07, 6.45) is 0.823. The molecule has 3 N–H and O–H groups in total. The van der Waals surface area contributed by atoms with Crippen LogP contribution in [0.3, 0.4) is 0 Å². The molecule has 2 rings (SSSR count). The minimum atomic E-state index is -0.0617. The van der Waals surface area contributed by atoms with Crippen molar-refractivity contribution in [2.45, 2.75) is 18.2 Å². The third kappa shape index (κ3) is 7.35. The highest BCUT2D eigenvalue weighted by Gasteiger charge is 2.04. The third-order valence-electron chi connectivity index (χ3n) is 4.03. The van der Waals surface area contributed by atoms with E-state index in [0.29, 0.717) is 5.56 Å². The number of carbonyl (C=O) groups is 1. The van der Waals surface area contributed by atoms with E-state index in [1.807, 2.05) is 36.0 Å². The van der Waals surface area contributed by atoms with E-state index in [2.05, 4.69) is 52.1 Å². The van der Waals surface area contributed by atoms with Crippen LogP contribution in [0.2, 0.25) is 0 Å². The Morgan fingerprint density at radius 3 is 2.52 bits per heavy atom. The fourth-order valence-corrected chi connectivity index (χ4v) is 3.30. The summed E-state index contributed by atoms with van der Waals surface area (Å²) >= 11 is 1.83. The van der Waals surface area contributed by atoms with Gasteiger partial charge >= 0.3 is 0 Å². The molecule has 0 atom stereocenters. The van der Waals surface area contributed by atoms with Crippen LogP contribution in [0.15, 0.2) is 58.4 Å². The predicted octanol–water partition coefficient (Wildman–Crippen LogP) is 2.85. The van der Waals surface area contributed by atoms with Crippen molar-refractivity contribution in [3.8, 4) is 0 Å². The SMILES string of the molecule is CN=C(NCCSc1ccc(C)cc1)NCCc1cccc(C(=O)NC)c1. The summed E-state index contributed by atoms with van der Waals surface area (Å²) in [6, 6.07) is 16.3. The number of aryl methyl sites for hydroxylation is 1. The van der Waals surface area contributed by atoms with E-state index in [-0.39, 0.29) is 5.91 Å². The van der Waals surface area contributed by atoms with Crippen molar-refractivity contribution in [3.05, 3.63) is 65.2 Å². The molecule has 0 radical (unpaired) electrons. The van der Waals surface area contributed by atoms with Gasteiger partial charge in [-0.3, -0.25) is 9.79 Å². The van der Waals surface area contributed by atoms with Gasteiger partial charge in [0.1, 0.15) is 0 Å². The van der Waals surface area contributed by atoms with Gasteiger partial charge in [0.2, 0.25) is 0 Å². The fourth-order valence-electron chi connectivity index (χ4n) is 2.53. The molecule has 0 spiro atoms. The van der Waals surface area contributed by atoms with E-state index in [4.69, 9.17) is 0 Å². The molecular formula is C21H28N4OS. The Morgan fingerprint density at radius 2 is 1.81 bits per heavy atom. The van der Waals surface area contributed by atoms with Crippen LogP contribution < -0.4 is 16.0 Å². The zero-order chi connectivity index (χ0) is 19.5. The Labute approximate surface area is 166 Å². The van der Waals surface area contributed by atoms with E-state index in [0.717, 1.165) is 36.8 Å². The monoisotopic (exact) mass is 384 g/mol. The van der Waals surface area contributed by atoms with Crippen LogP contribution in [0.25, 0.3) is 0 Å². The number of rotatable bonds is 8. The highest BCUT2D eigenvalue weighted by molar-refractivity contribution is 7.99. The zero-order valence-electron chi connectivity index (χ0n) is 16.2. The summed E-state index contributed by atoms with van der Waals surface area (Å²) in [5.41, 5.74) is 3.09. The molecule has 0 bridgehead atoms. The predicted molar refractivity (Wildman–Crippen MR) is 115 cm³/mol. The van der Waals surface area contributed by atoms with E-state index in [1.165, 1.54) is 10.5 Å². The molecule has 5 nitrogen and oxygen atoms in total. The second kappa shape index (κ2) is 11.3. The summed E-state index contributed by atoms with van der Waals surface area (Å²) in [7, 11) is 3.41. The molecule has 0 unspecified atom stereocenters. The van der Waals surface area contributed by atoms with Crippen molar-refractivity contribution in [1.82, 2.24) is 16.0 Å². The molecule has 0 aliphatic heterocycles. The molecule has 27 heavy (non-hydrogen) atoms. The van der Waals surface area contributed by atoms with Crippen molar-refractivity contribution in [1.29, 1.82) is 0 Å². The summed E-state index contributed by atoms with van der Waals surface area (Å²) in [6.45, 7) is 3.69. The van der Waals surface area contributed by atoms with Gasteiger partial charge in [-0.25, -0.2) is 0 Å². The number of hydrogen-bond donors (Lipinski definition) is 3. The lowest BCUT2D eigenvalue weighted by Crippen LogP contribution is -2.39. The van der Waals surface area contributed by atoms with Gasteiger partial charge in [-0.15, -0.1) is 11.8 Å². The van der Waals surface area contributed by atoms with Crippen LogP contribution in [0.4, 0.5) is 0 Å². The van der Waals surface area contributed by atoms with Crippen LogP contribution in [0, 0.1) is 6.92 Å². The van der Waals surface area contributed by atoms with Gasteiger partial charge in [0.15, 0.2) is 5.96 Å². The van der Waals surface area contributed by atoms with E-state index in [9.17, 15) is 4.79 Å². The van der Waals surface area contributed by atoms with Gasteiger partial charge in [-0.1, -0.05) is 29.8 Å². The lowest BCUT2D eigenvalue weighted by molar-refractivity contribution is 0.0963. The maximum atomic E-state index is 11.7. The first kappa shape index (κ1) is 20.8. The Hall–Kier alpha value is -2.47. The molecular weight excluding hydrogens is 356 g/mol. The van der Waals surface area contributed by atoms with E-state index < -0.39 is 0 Å². The number of nitrogens with zero attached hydrogens (tertiary/aromatic N) is 1. The minimum absolute atomic E-state index is 0.0617. The number of thioether (sulfide) groups is 1. The molecule has 0 fully saturated rings. The first-order chi connectivity index (χ1) is 13.1. The van der Waals surface area contributed by atoms with Crippen LogP contribution in [-0.4, -0.2) is 44.8 Å². The summed E-state index contributed by atoms with van der Waals surface area (Å²) in [5.74, 6) is 1.70. The number of benzene rings is 2. The molecule has 0 aromatic heterocycles. The summed E-state index contributed by atoms with van der Waals surface area (Å²) in [4.78, 5) is 17.2. The lowest BCUT2D eigenvalue weighted by Gasteiger charge is -2.12. The number of hydrogen-bond acceptors (Lipinski definition) is 3. The van der Waals surface area contributed by atoms with Crippen LogP contribution in [-0.2, 0) is 6.42 Å². The van der Waals surface area contributed by atoms with Gasteiger partial charge in [0.25, 0.3) is 5.91 Å². The second-order valence-electron chi connectivity index (χ2n) is 6.12. The molecule has 2 aromatic carbocycles. The molecule has 0 heterocycles. The molecule has 6 heteroatoms. The maximum absolute atomic E-state index is 11.7. The molecule has 0 saturated heterocycles. The largest absolute Gasteiger partial charge is 0.356 e. The Kier molecular flexibility index (Phi) is 8.71. The average molecular weight is 385 g/mol. The molecule has 2 aromatic rings. The quantitative estimate of drug-likeness (QED) is 0.283. The molecule has 1 amide bonds. The number of aliphatic imine (C=N–C) groups is 1. The van der Waals surface area contributed by atoms with Gasteiger partial charge < -0.3 is 16.0 Å². The topological polar surface area (TPSA) is 65.5 Å². The van der Waals surface area contributed by atoms with Crippen LogP contribution in [0.5, 0.6) is 0 Å². The first-order valence-electron chi connectivity index (χ1n) is 9.07. The summed E-state index contributed by atoms with van der Waals surface area (Å²) in [5, 5.41) is 9.30. The number of nitrogens with one attached hydrogen (secondary N) is 3. The number of guanidine groups is 1. The fraction of sp³-hybridized carbons (Fsp3) is 0.333. The van der Waals surface area contributed by atoms with Crippen molar-refractivity contribution in [3.63, 3.8) is 0 Å². The molecule has 144 valence electrons.